The standard InChI is InChI=1S/C15H26N2O3/c1-12(2)17(3)10-6-5-9-16-11-13-7-8-14(20-13)15(18)19-4/h7-8,12,16H,5-6,9-11H2,1-4H3. The Morgan fingerprint density at radius 1 is 1.40 bits per heavy atom. The van der Waals surface area contributed by atoms with E-state index in [4.69, 9.17) is 4.42 Å². The normalized spacial score (nSPS) is 11.3. The second-order valence-corrected chi connectivity index (χ2v) is 5.22. The fourth-order valence-corrected chi connectivity index (χ4v) is 1.76. The van der Waals surface area contributed by atoms with E-state index in [0.717, 1.165) is 25.3 Å². The molecule has 0 saturated carbocycles. The van der Waals surface area contributed by atoms with Gasteiger partial charge in [0.25, 0.3) is 0 Å². The van der Waals surface area contributed by atoms with Crippen LogP contribution in [0.5, 0.6) is 0 Å². The van der Waals surface area contributed by atoms with Gasteiger partial charge in [-0.05, 0) is 59.0 Å². The first-order chi connectivity index (χ1) is 9.54. The number of ether oxygens (including phenoxy) is 1. The fourth-order valence-electron chi connectivity index (χ4n) is 1.76. The van der Waals surface area contributed by atoms with Crippen LogP contribution in [0.15, 0.2) is 16.5 Å². The molecule has 0 radical (unpaired) electrons. The number of carbonyl (C=O) groups excluding carboxylic acids is 1. The molecule has 20 heavy (non-hydrogen) atoms. The number of nitrogens with one attached hydrogen (secondary N) is 1. The van der Waals surface area contributed by atoms with Gasteiger partial charge in [0, 0.05) is 6.04 Å². The zero-order valence-corrected chi connectivity index (χ0v) is 12.9. The Kier molecular flexibility index (Phi) is 7.33. The number of furan rings is 1. The quantitative estimate of drug-likeness (QED) is 0.556. The van der Waals surface area contributed by atoms with Crippen LogP contribution in [0.1, 0.15) is 43.0 Å². The molecule has 114 valence electrons. The third-order valence-electron chi connectivity index (χ3n) is 3.34. The highest BCUT2D eigenvalue weighted by atomic mass is 16.5. The maximum Gasteiger partial charge on any atom is 0.373 e. The van der Waals surface area contributed by atoms with E-state index in [9.17, 15) is 4.79 Å². The molecular weight excluding hydrogens is 256 g/mol. The lowest BCUT2D eigenvalue weighted by molar-refractivity contribution is 0.0563. The lowest BCUT2D eigenvalue weighted by Crippen LogP contribution is -2.27. The van der Waals surface area contributed by atoms with E-state index in [-0.39, 0.29) is 5.76 Å². The van der Waals surface area contributed by atoms with Crippen LogP contribution >= 0.6 is 0 Å². The first kappa shape index (κ1) is 16.7. The number of hydrogen-bond acceptors (Lipinski definition) is 5. The van der Waals surface area contributed by atoms with Crippen molar-refractivity contribution in [1.82, 2.24) is 10.2 Å². The third kappa shape index (κ3) is 5.75. The van der Waals surface area contributed by atoms with Crippen LogP contribution in [0.2, 0.25) is 0 Å². The van der Waals surface area contributed by atoms with Crippen LogP contribution in [-0.2, 0) is 11.3 Å². The van der Waals surface area contributed by atoms with E-state index in [2.05, 4.69) is 35.8 Å². The Balaban J connectivity index is 2.12. The van der Waals surface area contributed by atoms with E-state index in [1.807, 2.05) is 0 Å². The number of methoxy groups -OCH3 is 1. The predicted molar refractivity (Wildman–Crippen MR) is 78.8 cm³/mol. The SMILES string of the molecule is COC(=O)c1ccc(CNCCCCN(C)C(C)C)o1. The highest BCUT2D eigenvalue weighted by Gasteiger charge is 2.10. The minimum absolute atomic E-state index is 0.253. The molecule has 5 heteroatoms. The largest absolute Gasteiger partial charge is 0.463 e. The molecule has 0 bridgehead atoms. The average molecular weight is 282 g/mol. The van der Waals surface area contributed by atoms with Crippen molar-refractivity contribution in [1.29, 1.82) is 0 Å². The van der Waals surface area contributed by atoms with Crippen LogP contribution in [0, 0.1) is 0 Å². The molecule has 1 rings (SSSR count). The Morgan fingerprint density at radius 2 is 2.15 bits per heavy atom. The first-order valence-electron chi connectivity index (χ1n) is 7.12. The van der Waals surface area contributed by atoms with Crippen molar-refractivity contribution >= 4 is 5.97 Å². The van der Waals surface area contributed by atoms with E-state index >= 15 is 0 Å². The third-order valence-corrected chi connectivity index (χ3v) is 3.34. The molecule has 0 aliphatic carbocycles. The van der Waals surface area contributed by atoms with Crippen LogP contribution in [0.25, 0.3) is 0 Å². The molecule has 0 aliphatic rings. The molecule has 0 aliphatic heterocycles. The molecule has 0 fully saturated rings. The van der Waals surface area contributed by atoms with Crippen LogP contribution in [0.4, 0.5) is 0 Å². The number of rotatable bonds is 9. The number of nitrogens with zero attached hydrogens (tertiary/aromatic N) is 1. The molecule has 0 saturated heterocycles. The van der Waals surface area contributed by atoms with Crippen LogP contribution < -0.4 is 5.32 Å². The molecule has 0 atom stereocenters. The smallest absolute Gasteiger partial charge is 0.373 e. The Labute approximate surface area is 121 Å². The number of hydrogen-bond donors (Lipinski definition) is 1. The highest BCUT2D eigenvalue weighted by Crippen LogP contribution is 2.08. The van der Waals surface area contributed by atoms with Gasteiger partial charge in [0.1, 0.15) is 5.76 Å². The zero-order valence-electron chi connectivity index (χ0n) is 12.9. The van der Waals surface area contributed by atoms with E-state index in [1.54, 1.807) is 12.1 Å². The van der Waals surface area contributed by atoms with Gasteiger partial charge in [-0.3, -0.25) is 0 Å². The van der Waals surface area contributed by atoms with Gasteiger partial charge >= 0.3 is 5.97 Å². The molecule has 1 N–H and O–H groups in total. The molecule has 0 aromatic carbocycles. The number of esters is 1. The van der Waals surface area contributed by atoms with Crippen LogP contribution in [-0.4, -0.2) is 44.2 Å². The number of unbranched alkanes of at least 4 members (excludes halogenated alkanes) is 1. The minimum Gasteiger partial charge on any atom is -0.463 e. The van der Waals surface area contributed by atoms with Crippen molar-refractivity contribution in [3.63, 3.8) is 0 Å². The summed E-state index contributed by atoms with van der Waals surface area (Å²) in [4.78, 5) is 13.6. The molecule has 1 aromatic heterocycles. The summed E-state index contributed by atoms with van der Waals surface area (Å²) in [5.41, 5.74) is 0. The molecule has 0 spiro atoms. The van der Waals surface area contributed by atoms with Gasteiger partial charge in [-0.1, -0.05) is 0 Å². The summed E-state index contributed by atoms with van der Waals surface area (Å²) in [5.74, 6) is 0.570. The van der Waals surface area contributed by atoms with Crippen molar-refractivity contribution in [2.24, 2.45) is 0 Å². The fraction of sp³-hybridized carbons (Fsp3) is 0.667. The summed E-state index contributed by atoms with van der Waals surface area (Å²) in [5, 5.41) is 3.31. The monoisotopic (exact) mass is 282 g/mol. The van der Waals surface area contributed by atoms with Gasteiger partial charge in [0.2, 0.25) is 5.76 Å². The summed E-state index contributed by atoms with van der Waals surface area (Å²) >= 11 is 0. The minimum atomic E-state index is -0.437. The Bertz CT molecular complexity index is 402. The summed E-state index contributed by atoms with van der Waals surface area (Å²) in [6, 6.07) is 4.04. The zero-order chi connectivity index (χ0) is 15.0. The maximum atomic E-state index is 11.2. The molecule has 1 heterocycles. The summed E-state index contributed by atoms with van der Waals surface area (Å²) in [6.45, 7) is 7.10. The number of carbonyl (C=O) groups is 1. The van der Waals surface area contributed by atoms with Gasteiger partial charge in [0.15, 0.2) is 0 Å². The molecule has 5 nitrogen and oxygen atoms in total. The molecule has 1 aromatic rings. The van der Waals surface area contributed by atoms with Crippen LogP contribution in [0.3, 0.4) is 0 Å². The van der Waals surface area contributed by atoms with Gasteiger partial charge in [0.05, 0.1) is 13.7 Å². The van der Waals surface area contributed by atoms with Crippen molar-refractivity contribution in [3.8, 4) is 0 Å². The van der Waals surface area contributed by atoms with Crippen molar-refractivity contribution < 1.29 is 13.9 Å². The van der Waals surface area contributed by atoms with Crippen molar-refractivity contribution in [3.05, 3.63) is 23.7 Å². The maximum absolute atomic E-state index is 11.2. The average Bonchev–Trinajstić information content (AvgIpc) is 2.90. The molecule has 0 unspecified atom stereocenters. The second-order valence-electron chi connectivity index (χ2n) is 5.22. The molecular formula is C15H26N2O3. The Morgan fingerprint density at radius 3 is 2.80 bits per heavy atom. The predicted octanol–water partition coefficient (Wildman–Crippen LogP) is 2.28. The van der Waals surface area contributed by atoms with Gasteiger partial charge < -0.3 is 19.4 Å². The van der Waals surface area contributed by atoms with E-state index < -0.39 is 5.97 Å². The topological polar surface area (TPSA) is 54.7 Å². The summed E-state index contributed by atoms with van der Waals surface area (Å²) in [6.07, 6.45) is 2.30. The van der Waals surface area contributed by atoms with Crippen molar-refractivity contribution in [2.45, 2.75) is 39.3 Å². The lowest BCUT2D eigenvalue weighted by Gasteiger charge is -2.20. The molecule has 0 amide bonds. The highest BCUT2D eigenvalue weighted by molar-refractivity contribution is 5.86. The summed E-state index contributed by atoms with van der Waals surface area (Å²) in [7, 11) is 3.49. The van der Waals surface area contributed by atoms with E-state index in [1.165, 1.54) is 13.5 Å². The van der Waals surface area contributed by atoms with Gasteiger partial charge in [-0.25, -0.2) is 4.79 Å². The second kappa shape index (κ2) is 8.76. The van der Waals surface area contributed by atoms with Gasteiger partial charge in [-0.15, -0.1) is 0 Å². The Hall–Kier alpha value is -1.33. The summed E-state index contributed by atoms with van der Waals surface area (Å²) < 4.78 is 9.96. The lowest BCUT2D eigenvalue weighted by atomic mass is 10.2. The van der Waals surface area contributed by atoms with Gasteiger partial charge in [-0.2, -0.15) is 0 Å². The first-order valence-corrected chi connectivity index (χ1v) is 7.12. The van der Waals surface area contributed by atoms with Crippen molar-refractivity contribution in [2.75, 3.05) is 27.2 Å². The van der Waals surface area contributed by atoms with E-state index in [0.29, 0.717) is 12.6 Å².